The summed E-state index contributed by atoms with van der Waals surface area (Å²) in [5.74, 6) is 1.83. The Morgan fingerprint density at radius 2 is 2.17 bits per heavy atom. The summed E-state index contributed by atoms with van der Waals surface area (Å²) >= 11 is 0. The number of hydrogen-bond acceptors (Lipinski definition) is 7. The number of pyridine rings is 1. The summed E-state index contributed by atoms with van der Waals surface area (Å²) in [6.07, 6.45) is 3.40. The highest BCUT2D eigenvalue weighted by Crippen LogP contribution is 2.31. The summed E-state index contributed by atoms with van der Waals surface area (Å²) < 4.78 is 35.5. The number of ether oxygens (including phenoxy) is 1. The molecule has 3 N–H and O–H groups in total. The van der Waals surface area contributed by atoms with Crippen LogP contribution in [0.15, 0.2) is 45.9 Å². The Hall–Kier alpha value is -3.67. The van der Waals surface area contributed by atoms with Gasteiger partial charge in [0.25, 0.3) is 5.91 Å². The van der Waals surface area contributed by atoms with Crippen LogP contribution in [0.1, 0.15) is 35.7 Å². The number of anilines is 2. The molecule has 4 rings (SSSR count). The minimum absolute atomic E-state index is 0.0549. The second kappa shape index (κ2) is 9.90. The Labute approximate surface area is 204 Å². The van der Waals surface area contributed by atoms with Gasteiger partial charge in [0.1, 0.15) is 17.4 Å². The van der Waals surface area contributed by atoms with E-state index >= 15 is 0 Å². The smallest absolute Gasteiger partial charge is 0.344 e. The van der Waals surface area contributed by atoms with E-state index in [-0.39, 0.29) is 17.7 Å². The van der Waals surface area contributed by atoms with E-state index in [9.17, 15) is 13.2 Å². The van der Waals surface area contributed by atoms with E-state index in [1.54, 1.807) is 43.6 Å². The number of amidine groups is 2. The van der Waals surface area contributed by atoms with Gasteiger partial charge in [0.2, 0.25) is 0 Å². The molecule has 186 valence electrons. The second-order valence-electron chi connectivity index (χ2n) is 8.54. The Morgan fingerprint density at radius 1 is 1.37 bits per heavy atom. The molecule has 0 saturated carbocycles. The largest absolute Gasteiger partial charge is 0.492 e. The van der Waals surface area contributed by atoms with Gasteiger partial charge in [-0.15, -0.1) is 4.40 Å². The van der Waals surface area contributed by atoms with Gasteiger partial charge >= 0.3 is 10.2 Å². The van der Waals surface area contributed by atoms with Crippen LogP contribution in [-0.4, -0.2) is 69.7 Å². The van der Waals surface area contributed by atoms with E-state index < -0.39 is 10.2 Å². The molecule has 3 heterocycles. The first-order chi connectivity index (χ1) is 16.7. The van der Waals surface area contributed by atoms with Crippen molar-refractivity contribution in [1.29, 1.82) is 0 Å². The lowest BCUT2D eigenvalue weighted by Gasteiger charge is -2.33. The van der Waals surface area contributed by atoms with Crippen LogP contribution in [0.2, 0.25) is 0 Å². The highest BCUT2D eigenvalue weighted by Gasteiger charge is 2.28. The molecule has 1 atom stereocenters. The van der Waals surface area contributed by atoms with Crippen molar-refractivity contribution >= 4 is 39.3 Å². The standard InChI is InChI=1S/C23H29N7O4S/c1-15(25-2)29(3)20-12-17(9-10-26-20)23(31)30-11-5-6-16(13-30)14-34-19-8-4-7-18-21(19)22(24)28-35(32,33)27-18/h4,7-10,12,16,27H,5-6,11,13-14H2,1-3H3,(H2,24,28). The number of aromatic nitrogens is 1. The SMILES string of the molecule is CN=C(C)N(C)c1cc(C(=O)N2CCCC(COc3cccc4c3C(N)=NS(=O)(=O)N4)C2)ccn1. The minimum Gasteiger partial charge on any atom is -0.492 e. The van der Waals surface area contributed by atoms with Crippen LogP contribution < -0.4 is 20.1 Å². The molecule has 11 nitrogen and oxygen atoms in total. The summed E-state index contributed by atoms with van der Waals surface area (Å²) in [4.78, 5) is 25.4. The topological polar surface area (TPSA) is 143 Å². The molecule has 0 radical (unpaired) electrons. The number of benzene rings is 1. The molecule has 0 bridgehead atoms. The lowest BCUT2D eigenvalue weighted by molar-refractivity contribution is 0.0633. The van der Waals surface area contributed by atoms with Crippen molar-refractivity contribution in [2.75, 3.05) is 43.4 Å². The zero-order valence-corrected chi connectivity index (χ0v) is 20.7. The van der Waals surface area contributed by atoms with E-state index in [1.807, 2.05) is 23.8 Å². The van der Waals surface area contributed by atoms with Gasteiger partial charge in [-0.25, -0.2) is 4.98 Å². The van der Waals surface area contributed by atoms with Gasteiger partial charge in [-0.3, -0.25) is 14.5 Å². The molecule has 1 unspecified atom stereocenters. The summed E-state index contributed by atoms with van der Waals surface area (Å²) in [5, 5.41) is 0. The van der Waals surface area contributed by atoms with Gasteiger partial charge in [-0.05, 0) is 44.0 Å². The van der Waals surface area contributed by atoms with Crippen LogP contribution in [0, 0.1) is 5.92 Å². The number of nitrogens with one attached hydrogen (secondary N) is 1. The molecule has 2 aliphatic heterocycles. The molecule has 1 amide bonds. The van der Waals surface area contributed by atoms with Crippen molar-refractivity contribution in [3.63, 3.8) is 0 Å². The number of fused-ring (bicyclic) bond motifs is 1. The Balaban J connectivity index is 1.44. The van der Waals surface area contributed by atoms with Crippen LogP contribution in [0.5, 0.6) is 5.75 Å². The van der Waals surface area contributed by atoms with E-state index in [1.165, 1.54) is 0 Å². The first kappa shape index (κ1) is 24.5. The van der Waals surface area contributed by atoms with Gasteiger partial charge in [0.15, 0.2) is 5.84 Å². The average molecular weight is 500 g/mol. The van der Waals surface area contributed by atoms with E-state index in [0.717, 1.165) is 18.7 Å². The molecule has 1 fully saturated rings. The number of rotatable bonds is 5. The molecule has 0 spiro atoms. The number of aliphatic imine (C=N–C) groups is 1. The Kier molecular flexibility index (Phi) is 6.92. The van der Waals surface area contributed by atoms with Crippen molar-refractivity contribution in [3.8, 4) is 5.75 Å². The number of piperidine rings is 1. The fourth-order valence-electron chi connectivity index (χ4n) is 4.16. The number of carbonyl (C=O) groups is 1. The van der Waals surface area contributed by atoms with Gasteiger partial charge < -0.3 is 20.3 Å². The van der Waals surface area contributed by atoms with Gasteiger partial charge in [0, 0.05) is 44.9 Å². The number of nitrogens with zero attached hydrogens (tertiary/aromatic N) is 5. The molecule has 0 aliphatic carbocycles. The molecular weight excluding hydrogens is 470 g/mol. The molecule has 2 aromatic rings. The van der Waals surface area contributed by atoms with Crippen LogP contribution in [-0.2, 0) is 10.2 Å². The van der Waals surface area contributed by atoms with Crippen molar-refractivity contribution in [2.24, 2.45) is 21.0 Å². The van der Waals surface area contributed by atoms with Gasteiger partial charge in [0.05, 0.1) is 17.9 Å². The summed E-state index contributed by atoms with van der Waals surface area (Å²) in [6.45, 7) is 3.45. The quantitative estimate of drug-likeness (QED) is 0.472. The fourth-order valence-corrected chi connectivity index (χ4v) is 5.01. The molecule has 1 aromatic carbocycles. The number of carbonyl (C=O) groups excluding carboxylic acids is 1. The van der Waals surface area contributed by atoms with Gasteiger partial charge in [-0.1, -0.05) is 6.07 Å². The average Bonchev–Trinajstić information content (AvgIpc) is 2.85. The van der Waals surface area contributed by atoms with Crippen LogP contribution in [0.4, 0.5) is 11.5 Å². The highest BCUT2D eigenvalue weighted by molar-refractivity contribution is 7.91. The molecular formula is C23H29N7O4S. The summed E-state index contributed by atoms with van der Waals surface area (Å²) in [7, 11) is -0.288. The number of amides is 1. The third-order valence-electron chi connectivity index (χ3n) is 6.17. The van der Waals surface area contributed by atoms with Crippen molar-refractivity contribution < 1.29 is 17.9 Å². The zero-order chi connectivity index (χ0) is 25.2. The van der Waals surface area contributed by atoms with E-state index in [0.29, 0.717) is 48.1 Å². The number of likely N-dealkylation sites (tertiary alicyclic amines) is 1. The van der Waals surface area contributed by atoms with E-state index in [2.05, 4.69) is 19.1 Å². The normalized spacial score (nSPS) is 19.3. The monoisotopic (exact) mass is 499 g/mol. The van der Waals surface area contributed by atoms with Crippen molar-refractivity contribution in [2.45, 2.75) is 19.8 Å². The highest BCUT2D eigenvalue weighted by atomic mass is 32.2. The zero-order valence-electron chi connectivity index (χ0n) is 19.9. The third kappa shape index (κ3) is 5.37. The summed E-state index contributed by atoms with van der Waals surface area (Å²) in [6, 6.07) is 8.52. The van der Waals surface area contributed by atoms with Crippen LogP contribution in [0.25, 0.3) is 0 Å². The van der Waals surface area contributed by atoms with Crippen molar-refractivity contribution in [3.05, 3.63) is 47.7 Å². The second-order valence-corrected chi connectivity index (χ2v) is 9.87. The minimum atomic E-state index is -3.86. The summed E-state index contributed by atoms with van der Waals surface area (Å²) in [5.41, 5.74) is 7.22. The maximum atomic E-state index is 13.2. The Morgan fingerprint density at radius 3 is 2.94 bits per heavy atom. The third-order valence-corrected chi connectivity index (χ3v) is 7.08. The van der Waals surface area contributed by atoms with Crippen molar-refractivity contribution in [1.82, 2.24) is 9.88 Å². The Bertz CT molecular complexity index is 1290. The lowest BCUT2D eigenvalue weighted by Crippen LogP contribution is -2.41. The van der Waals surface area contributed by atoms with Crippen LogP contribution in [0.3, 0.4) is 0 Å². The first-order valence-corrected chi connectivity index (χ1v) is 12.7. The van der Waals surface area contributed by atoms with Crippen LogP contribution >= 0.6 is 0 Å². The van der Waals surface area contributed by atoms with E-state index in [4.69, 9.17) is 10.5 Å². The number of nitrogens with two attached hydrogens (primary N) is 1. The molecule has 12 heteroatoms. The molecule has 2 aliphatic rings. The predicted octanol–water partition coefficient (Wildman–Crippen LogP) is 1.87. The van der Waals surface area contributed by atoms with Gasteiger partial charge in [-0.2, -0.15) is 8.42 Å². The maximum Gasteiger partial charge on any atom is 0.344 e. The first-order valence-electron chi connectivity index (χ1n) is 11.3. The number of hydrogen-bond donors (Lipinski definition) is 2. The molecule has 1 saturated heterocycles. The molecule has 1 aromatic heterocycles. The lowest BCUT2D eigenvalue weighted by atomic mass is 9.98. The molecule has 35 heavy (non-hydrogen) atoms. The fraction of sp³-hybridized carbons (Fsp3) is 0.391. The maximum absolute atomic E-state index is 13.2. The predicted molar refractivity (Wildman–Crippen MR) is 136 cm³/mol.